The van der Waals surface area contributed by atoms with E-state index in [1.54, 1.807) is 12.4 Å². The molecule has 192 valence electrons. The summed E-state index contributed by atoms with van der Waals surface area (Å²) in [5.74, 6) is 1.87. The van der Waals surface area contributed by atoms with Crippen molar-refractivity contribution in [2.45, 2.75) is 75.5 Å². The smallest absolute Gasteiger partial charge is 0.127 e. The minimum atomic E-state index is -0.272. The lowest BCUT2D eigenvalue weighted by atomic mass is 9.93. The van der Waals surface area contributed by atoms with Crippen LogP contribution in [0.15, 0.2) is 66.7 Å². The number of fused-ring (bicyclic) bond motifs is 2. The summed E-state index contributed by atoms with van der Waals surface area (Å²) in [6, 6.07) is 24.7. The van der Waals surface area contributed by atoms with Gasteiger partial charge in [-0.25, -0.2) is 0 Å². The quantitative estimate of drug-likeness (QED) is 0.241. The van der Waals surface area contributed by atoms with Gasteiger partial charge >= 0.3 is 0 Å². The van der Waals surface area contributed by atoms with E-state index in [4.69, 9.17) is 9.47 Å². The third kappa shape index (κ3) is 4.74. The van der Waals surface area contributed by atoms with Gasteiger partial charge in [-0.05, 0) is 88.1 Å². The second-order valence-corrected chi connectivity index (χ2v) is 13.7. The molecule has 2 fully saturated rings. The normalized spacial score (nSPS) is 17.5. The Kier molecular flexibility index (Phi) is 7.39. The monoisotopic (exact) mass is 510 g/mol. The van der Waals surface area contributed by atoms with Crippen LogP contribution in [-0.4, -0.2) is 25.5 Å². The summed E-state index contributed by atoms with van der Waals surface area (Å²) < 4.78 is 11.7. The molecule has 0 amide bonds. The van der Waals surface area contributed by atoms with Gasteiger partial charge in [0.15, 0.2) is 0 Å². The first-order valence-corrected chi connectivity index (χ1v) is 15.7. The average Bonchev–Trinajstić information content (AvgIpc) is 2.97. The summed E-state index contributed by atoms with van der Waals surface area (Å²) in [4.78, 5) is 0. The highest BCUT2D eigenvalue weighted by atomic mass is 31.1. The molecule has 4 aromatic carbocycles. The van der Waals surface area contributed by atoms with Gasteiger partial charge in [0.1, 0.15) is 11.5 Å². The Morgan fingerprint density at radius 1 is 0.595 bits per heavy atom. The van der Waals surface area contributed by atoms with Gasteiger partial charge < -0.3 is 9.47 Å². The van der Waals surface area contributed by atoms with Crippen LogP contribution in [0.2, 0.25) is 0 Å². The molecule has 2 saturated carbocycles. The van der Waals surface area contributed by atoms with Crippen molar-refractivity contribution in [3.8, 4) is 22.6 Å². The first-order chi connectivity index (χ1) is 18.3. The molecule has 3 heteroatoms. The van der Waals surface area contributed by atoms with Crippen molar-refractivity contribution in [2.24, 2.45) is 0 Å². The molecule has 2 aliphatic carbocycles. The highest BCUT2D eigenvalue weighted by Gasteiger charge is 2.35. The topological polar surface area (TPSA) is 18.5 Å². The Morgan fingerprint density at radius 3 is 1.92 bits per heavy atom. The van der Waals surface area contributed by atoms with E-state index in [1.165, 1.54) is 96.9 Å². The van der Waals surface area contributed by atoms with Crippen molar-refractivity contribution in [2.75, 3.05) is 14.2 Å². The molecule has 2 nitrogen and oxygen atoms in total. The summed E-state index contributed by atoms with van der Waals surface area (Å²) in [5, 5.41) is 6.75. The minimum Gasteiger partial charge on any atom is -0.497 e. The van der Waals surface area contributed by atoms with Crippen LogP contribution in [0.1, 0.15) is 64.2 Å². The zero-order valence-corrected chi connectivity index (χ0v) is 23.2. The van der Waals surface area contributed by atoms with Crippen molar-refractivity contribution in [1.29, 1.82) is 0 Å². The lowest BCUT2D eigenvalue weighted by Crippen LogP contribution is -2.27. The molecule has 0 atom stereocenters. The Hall–Kier alpha value is -2.57. The van der Waals surface area contributed by atoms with Gasteiger partial charge in [0.2, 0.25) is 0 Å². The Labute approximate surface area is 223 Å². The molecule has 0 bridgehead atoms. The maximum absolute atomic E-state index is 6.12. The number of methoxy groups -OCH3 is 2. The summed E-state index contributed by atoms with van der Waals surface area (Å²) in [5.41, 5.74) is 4.36. The summed E-state index contributed by atoms with van der Waals surface area (Å²) in [6.45, 7) is 0. The lowest BCUT2D eigenvalue weighted by molar-refractivity contribution is 0.415. The van der Waals surface area contributed by atoms with Gasteiger partial charge in [0.05, 0.1) is 14.2 Å². The molecule has 37 heavy (non-hydrogen) atoms. The SMILES string of the molecule is COc1ccc2c(-c3c(P(C4CCCCC4)C4CCCCC4)ccc4ccccc34)c(OC)ccc2c1. The molecule has 2 aliphatic rings. The molecule has 0 aromatic heterocycles. The molecule has 0 unspecified atom stereocenters. The molecule has 0 radical (unpaired) electrons. The molecular formula is C34H39O2P. The van der Waals surface area contributed by atoms with Crippen LogP contribution in [0.3, 0.4) is 0 Å². The molecule has 0 spiro atoms. The van der Waals surface area contributed by atoms with Gasteiger partial charge in [-0.15, -0.1) is 0 Å². The molecule has 0 aliphatic heterocycles. The fourth-order valence-corrected chi connectivity index (χ4v) is 11.0. The second-order valence-electron chi connectivity index (χ2n) is 10.9. The zero-order valence-electron chi connectivity index (χ0n) is 22.3. The van der Waals surface area contributed by atoms with Crippen LogP contribution in [0.5, 0.6) is 11.5 Å². The predicted molar refractivity (Wildman–Crippen MR) is 160 cm³/mol. The van der Waals surface area contributed by atoms with Crippen molar-refractivity contribution >= 4 is 34.8 Å². The van der Waals surface area contributed by atoms with Crippen molar-refractivity contribution < 1.29 is 9.47 Å². The standard InChI is InChI=1S/C34H39O2P/c1-35-26-19-20-30-25(23-26)17-21-31(36-2)33(30)34-29-16-10-9-11-24(29)18-22-32(34)37(27-12-5-3-6-13-27)28-14-7-4-8-15-28/h9-11,16-23,27-28H,3-8,12-15H2,1-2H3. The number of hydrogen-bond donors (Lipinski definition) is 0. The van der Waals surface area contributed by atoms with Crippen molar-refractivity contribution in [3.63, 3.8) is 0 Å². The maximum Gasteiger partial charge on any atom is 0.127 e. The van der Waals surface area contributed by atoms with Crippen molar-refractivity contribution in [1.82, 2.24) is 0 Å². The van der Waals surface area contributed by atoms with Crippen LogP contribution >= 0.6 is 7.92 Å². The van der Waals surface area contributed by atoms with Crippen LogP contribution in [-0.2, 0) is 0 Å². The average molecular weight is 511 g/mol. The first kappa shape index (κ1) is 24.7. The van der Waals surface area contributed by atoms with E-state index in [1.807, 2.05) is 7.11 Å². The van der Waals surface area contributed by atoms with E-state index in [0.717, 1.165) is 22.8 Å². The molecule has 4 aromatic rings. The molecule has 0 saturated heterocycles. The predicted octanol–water partition coefficient (Wildman–Crippen LogP) is 9.45. The van der Waals surface area contributed by atoms with E-state index in [9.17, 15) is 0 Å². The van der Waals surface area contributed by atoms with E-state index in [0.29, 0.717) is 0 Å². The molecule has 0 heterocycles. The third-order valence-electron chi connectivity index (χ3n) is 8.78. The first-order valence-electron chi connectivity index (χ1n) is 14.2. The number of benzene rings is 4. The number of hydrogen-bond acceptors (Lipinski definition) is 2. The summed E-state index contributed by atoms with van der Waals surface area (Å²) >= 11 is 0. The van der Waals surface area contributed by atoms with Crippen LogP contribution < -0.4 is 14.8 Å². The maximum atomic E-state index is 6.12. The third-order valence-corrected chi connectivity index (χ3v) is 12.3. The van der Waals surface area contributed by atoms with Crippen LogP contribution in [0, 0.1) is 0 Å². The summed E-state index contributed by atoms with van der Waals surface area (Å²) in [7, 11) is 3.30. The van der Waals surface area contributed by atoms with E-state index < -0.39 is 0 Å². The number of rotatable bonds is 6. The highest BCUT2D eigenvalue weighted by molar-refractivity contribution is 7.67. The Bertz CT molecular complexity index is 1360. The van der Waals surface area contributed by atoms with Crippen molar-refractivity contribution in [3.05, 3.63) is 66.7 Å². The van der Waals surface area contributed by atoms with Gasteiger partial charge in [0, 0.05) is 11.1 Å². The number of ether oxygens (including phenoxy) is 2. The van der Waals surface area contributed by atoms with E-state index >= 15 is 0 Å². The van der Waals surface area contributed by atoms with Gasteiger partial charge in [0.25, 0.3) is 0 Å². The van der Waals surface area contributed by atoms with E-state index in [2.05, 4.69) is 66.7 Å². The molecular weight excluding hydrogens is 471 g/mol. The van der Waals surface area contributed by atoms with E-state index in [-0.39, 0.29) is 7.92 Å². The zero-order chi connectivity index (χ0) is 25.2. The Balaban J connectivity index is 1.65. The molecule has 6 rings (SSSR count). The van der Waals surface area contributed by atoms with Crippen LogP contribution in [0.25, 0.3) is 32.7 Å². The second kappa shape index (κ2) is 11.0. The fraction of sp³-hybridized carbons (Fsp3) is 0.412. The lowest BCUT2D eigenvalue weighted by Gasteiger charge is -2.40. The van der Waals surface area contributed by atoms with Gasteiger partial charge in [-0.3, -0.25) is 0 Å². The minimum absolute atomic E-state index is 0.272. The fourth-order valence-electron chi connectivity index (χ4n) is 6.99. The van der Waals surface area contributed by atoms with Gasteiger partial charge in [-0.2, -0.15) is 0 Å². The van der Waals surface area contributed by atoms with Crippen LogP contribution in [0.4, 0.5) is 0 Å². The largest absolute Gasteiger partial charge is 0.497 e. The Morgan fingerprint density at radius 2 is 1.24 bits per heavy atom. The summed E-state index contributed by atoms with van der Waals surface area (Å²) in [6.07, 6.45) is 14.0. The molecule has 0 N–H and O–H groups in total. The van der Waals surface area contributed by atoms with Gasteiger partial charge in [-0.1, -0.05) is 88.9 Å². The highest BCUT2D eigenvalue weighted by Crippen LogP contribution is 2.57.